The summed E-state index contributed by atoms with van der Waals surface area (Å²) in [5, 5.41) is 17.5. The number of fused-ring (bicyclic) bond motifs is 1. The Morgan fingerprint density at radius 1 is 1.36 bits per heavy atom. The summed E-state index contributed by atoms with van der Waals surface area (Å²) in [6.07, 6.45) is -3.33. The molecule has 0 aliphatic carbocycles. The highest BCUT2D eigenvalue weighted by molar-refractivity contribution is 7.84. The van der Waals surface area contributed by atoms with Crippen molar-refractivity contribution in [2.75, 3.05) is 11.9 Å². The lowest BCUT2D eigenvalue weighted by atomic mass is 10.1. The first-order chi connectivity index (χ1) is 16.4. The molecule has 1 amide bonds. The first kappa shape index (κ1) is 28.4. The molecule has 202 valence electrons. The second kappa shape index (κ2) is 9.92. The molecular formula is C20H34N6O8SSi. The van der Waals surface area contributed by atoms with Gasteiger partial charge in [0.2, 0.25) is 11.9 Å². The molecule has 4 atom stereocenters. The van der Waals surface area contributed by atoms with Gasteiger partial charge in [-0.05, 0) is 18.1 Å². The summed E-state index contributed by atoms with van der Waals surface area (Å²) in [6.45, 7) is 12.8. The van der Waals surface area contributed by atoms with Crippen LogP contribution in [-0.4, -0.2) is 72.2 Å². The van der Waals surface area contributed by atoms with Crippen LogP contribution >= 0.6 is 0 Å². The molecule has 2 aromatic heterocycles. The van der Waals surface area contributed by atoms with Crippen LogP contribution in [0.3, 0.4) is 0 Å². The lowest BCUT2D eigenvalue weighted by Gasteiger charge is -2.40. The van der Waals surface area contributed by atoms with Crippen molar-refractivity contribution < 1.29 is 31.7 Å². The maximum Gasteiger partial charge on any atom is 0.333 e. The molecule has 5 N–H and O–H groups in total. The molecule has 0 spiro atoms. The molecule has 0 aromatic carbocycles. The number of rotatable bonds is 8. The van der Waals surface area contributed by atoms with Gasteiger partial charge in [-0.15, -0.1) is 0 Å². The van der Waals surface area contributed by atoms with E-state index in [1.807, 2.05) is 33.9 Å². The fourth-order valence-electron chi connectivity index (χ4n) is 3.43. The fourth-order valence-corrected chi connectivity index (χ4v) is 5.26. The largest absolute Gasteiger partial charge is 0.408 e. The van der Waals surface area contributed by atoms with E-state index < -0.39 is 55.3 Å². The molecule has 1 saturated heterocycles. The molecule has 0 radical (unpaired) electrons. The number of anilines is 1. The standard InChI is InChI=1S/C20H34N6O8SSi/c1-10(2)16(28)24-19-23-15-12(17(29)25-19)22-9-26(15)18-14(33-35(21,30)31)13(11(8-27)32-18)34-36(6,7)20(3,4)5/h9-11,13-14,18,27H,8H2,1-7H3,(H2,21,30,31)(H2,23,24,25,28,29). The number of ether oxygens (including phenoxy) is 1. The van der Waals surface area contributed by atoms with Crippen molar-refractivity contribution in [1.29, 1.82) is 0 Å². The van der Waals surface area contributed by atoms with Crippen molar-refractivity contribution in [2.45, 2.75) is 77.3 Å². The summed E-state index contributed by atoms with van der Waals surface area (Å²) in [4.78, 5) is 35.5. The average molecular weight is 547 g/mol. The van der Waals surface area contributed by atoms with Crippen molar-refractivity contribution in [3.8, 4) is 0 Å². The van der Waals surface area contributed by atoms with Gasteiger partial charge in [0.15, 0.2) is 31.8 Å². The molecule has 1 aliphatic rings. The first-order valence-corrected chi connectivity index (χ1v) is 15.8. The maximum absolute atomic E-state index is 12.6. The lowest BCUT2D eigenvalue weighted by molar-refractivity contribution is -0.118. The van der Waals surface area contributed by atoms with Crippen LogP contribution in [0.15, 0.2) is 11.1 Å². The topological polar surface area (TPSA) is 201 Å². The van der Waals surface area contributed by atoms with Crippen molar-refractivity contribution in [1.82, 2.24) is 19.5 Å². The third kappa shape index (κ3) is 5.85. The normalized spacial score (nSPS) is 23.5. The molecule has 0 bridgehead atoms. The molecule has 3 heterocycles. The number of amides is 1. The summed E-state index contributed by atoms with van der Waals surface area (Å²) >= 11 is 0. The molecule has 16 heteroatoms. The van der Waals surface area contributed by atoms with Gasteiger partial charge in [0.25, 0.3) is 5.56 Å². The third-order valence-corrected chi connectivity index (χ3v) is 11.4. The SMILES string of the molecule is CC(C)C(=O)Nc1nc2c(ncn2C2OC(CO)C(O[Si](C)(C)C(C)(C)C)C2OS(N)(=O)=O)c(=O)[nH]1. The number of hydrogen-bond donors (Lipinski definition) is 4. The number of carbonyl (C=O) groups is 1. The van der Waals surface area contributed by atoms with E-state index in [4.69, 9.17) is 18.5 Å². The van der Waals surface area contributed by atoms with E-state index in [-0.39, 0.29) is 34.0 Å². The van der Waals surface area contributed by atoms with Gasteiger partial charge < -0.3 is 14.3 Å². The zero-order chi connectivity index (χ0) is 27.2. The number of carbonyl (C=O) groups excluding carboxylic acids is 1. The third-order valence-electron chi connectivity index (χ3n) is 6.42. The molecular weight excluding hydrogens is 512 g/mol. The Balaban J connectivity index is 2.11. The highest BCUT2D eigenvalue weighted by Gasteiger charge is 2.53. The van der Waals surface area contributed by atoms with Crippen LogP contribution in [0.2, 0.25) is 18.1 Å². The Morgan fingerprint density at radius 3 is 2.53 bits per heavy atom. The van der Waals surface area contributed by atoms with Crippen LogP contribution in [0.1, 0.15) is 40.8 Å². The number of aliphatic hydroxyl groups excluding tert-OH is 1. The molecule has 4 unspecified atom stereocenters. The molecule has 0 saturated carbocycles. The van der Waals surface area contributed by atoms with Crippen molar-refractivity contribution in [3.63, 3.8) is 0 Å². The van der Waals surface area contributed by atoms with Crippen LogP contribution in [0.4, 0.5) is 5.95 Å². The quantitative estimate of drug-likeness (QED) is 0.339. The van der Waals surface area contributed by atoms with Crippen LogP contribution in [0, 0.1) is 5.92 Å². The number of imidazole rings is 1. The predicted molar refractivity (Wildman–Crippen MR) is 133 cm³/mol. The Bertz CT molecular complexity index is 1290. The van der Waals surface area contributed by atoms with Gasteiger partial charge >= 0.3 is 10.3 Å². The van der Waals surface area contributed by atoms with Gasteiger partial charge in [-0.2, -0.15) is 13.4 Å². The molecule has 14 nitrogen and oxygen atoms in total. The Labute approximate surface area is 209 Å². The maximum atomic E-state index is 12.6. The summed E-state index contributed by atoms with van der Waals surface area (Å²) in [5.74, 6) is -0.873. The summed E-state index contributed by atoms with van der Waals surface area (Å²) in [7, 11) is -7.00. The zero-order valence-corrected chi connectivity index (χ0v) is 23.1. The number of hydrogen-bond acceptors (Lipinski definition) is 10. The molecule has 36 heavy (non-hydrogen) atoms. The first-order valence-electron chi connectivity index (χ1n) is 11.4. The number of nitrogens with zero attached hydrogens (tertiary/aromatic N) is 3. The Kier molecular flexibility index (Phi) is 7.82. The van der Waals surface area contributed by atoms with E-state index in [0.29, 0.717) is 0 Å². The fraction of sp³-hybridized carbons (Fsp3) is 0.700. The minimum absolute atomic E-state index is 0.00417. The van der Waals surface area contributed by atoms with E-state index in [1.54, 1.807) is 13.8 Å². The molecule has 1 aliphatic heterocycles. The van der Waals surface area contributed by atoms with E-state index >= 15 is 0 Å². The number of nitrogens with one attached hydrogen (secondary N) is 2. The van der Waals surface area contributed by atoms with Gasteiger partial charge in [0.1, 0.15) is 12.2 Å². The van der Waals surface area contributed by atoms with Crippen LogP contribution in [-0.2, 0) is 28.4 Å². The summed E-state index contributed by atoms with van der Waals surface area (Å²) in [5.41, 5.74) is -0.715. The smallest absolute Gasteiger partial charge is 0.333 e. The van der Waals surface area contributed by atoms with Gasteiger partial charge in [-0.3, -0.25) is 24.5 Å². The summed E-state index contributed by atoms with van der Waals surface area (Å²) in [6, 6.07) is 0. The van der Waals surface area contributed by atoms with Gasteiger partial charge in [0.05, 0.1) is 12.9 Å². The second-order valence-corrected chi connectivity index (χ2v) is 16.5. The van der Waals surface area contributed by atoms with E-state index in [0.717, 1.165) is 0 Å². The minimum Gasteiger partial charge on any atom is -0.408 e. The van der Waals surface area contributed by atoms with E-state index in [1.165, 1.54) is 10.9 Å². The Morgan fingerprint density at radius 2 is 2.00 bits per heavy atom. The second-order valence-electron chi connectivity index (χ2n) is 10.5. The monoisotopic (exact) mass is 546 g/mol. The highest BCUT2D eigenvalue weighted by Crippen LogP contribution is 2.42. The summed E-state index contributed by atoms with van der Waals surface area (Å²) < 4.78 is 42.9. The minimum atomic E-state index is -4.49. The molecule has 3 rings (SSSR count). The highest BCUT2D eigenvalue weighted by atomic mass is 32.2. The number of aromatic amines is 1. The van der Waals surface area contributed by atoms with Crippen molar-refractivity contribution >= 4 is 41.6 Å². The van der Waals surface area contributed by atoms with E-state index in [9.17, 15) is 23.1 Å². The van der Waals surface area contributed by atoms with E-state index in [2.05, 4.69) is 20.3 Å². The predicted octanol–water partition coefficient (Wildman–Crippen LogP) is 0.583. The number of H-pyrrole nitrogens is 1. The number of nitrogens with two attached hydrogens (primary N) is 1. The van der Waals surface area contributed by atoms with Gasteiger partial charge in [0, 0.05) is 5.92 Å². The average Bonchev–Trinajstić information content (AvgIpc) is 3.27. The number of aromatic nitrogens is 4. The van der Waals surface area contributed by atoms with Gasteiger partial charge in [-0.25, -0.2) is 14.3 Å². The van der Waals surface area contributed by atoms with Crippen LogP contribution in [0.25, 0.3) is 11.2 Å². The Hall–Kier alpha value is -2.21. The zero-order valence-electron chi connectivity index (χ0n) is 21.3. The molecule has 1 fully saturated rings. The van der Waals surface area contributed by atoms with Crippen molar-refractivity contribution in [3.05, 3.63) is 16.7 Å². The lowest BCUT2D eigenvalue weighted by Crippen LogP contribution is -2.50. The van der Waals surface area contributed by atoms with Crippen LogP contribution < -0.4 is 16.0 Å². The molecule has 2 aromatic rings. The van der Waals surface area contributed by atoms with Gasteiger partial charge in [-0.1, -0.05) is 34.6 Å². The number of aliphatic hydroxyl groups is 1. The van der Waals surface area contributed by atoms with Crippen molar-refractivity contribution in [2.24, 2.45) is 11.1 Å². The van der Waals surface area contributed by atoms with Crippen LogP contribution in [0.5, 0.6) is 0 Å².